The Bertz CT molecular complexity index is 1080. The van der Waals surface area contributed by atoms with Crippen molar-refractivity contribution in [3.63, 3.8) is 0 Å². The largest absolute Gasteiger partial charge is 0.296 e. The molecule has 2 aromatic carbocycles. The summed E-state index contributed by atoms with van der Waals surface area (Å²) in [7, 11) is 0. The molecular weight excluding hydrogens is 310 g/mol. The summed E-state index contributed by atoms with van der Waals surface area (Å²) in [6.45, 7) is 3.97. The number of rotatable bonds is 3. The lowest BCUT2D eigenvalue weighted by Gasteiger charge is -2.11. The normalized spacial score (nSPS) is 11.3. The summed E-state index contributed by atoms with van der Waals surface area (Å²) >= 11 is 0. The first-order chi connectivity index (χ1) is 12.2. The highest BCUT2D eigenvalue weighted by Crippen LogP contribution is 2.29. The van der Waals surface area contributed by atoms with Crippen molar-refractivity contribution < 1.29 is 0 Å². The van der Waals surface area contributed by atoms with Crippen LogP contribution < -0.4 is 5.56 Å². The molecule has 0 spiro atoms. The molecule has 0 unspecified atom stereocenters. The highest BCUT2D eigenvalue weighted by Gasteiger charge is 2.17. The van der Waals surface area contributed by atoms with Gasteiger partial charge in [0.15, 0.2) is 5.65 Å². The van der Waals surface area contributed by atoms with Gasteiger partial charge in [0, 0.05) is 11.7 Å². The van der Waals surface area contributed by atoms with Crippen molar-refractivity contribution >= 4 is 11.0 Å². The van der Waals surface area contributed by atoms with E-state index in [-0.39, 0.29) is 11.6 Å². The fourth-order valence-corrected chi connectivity index (χ4v) is 3.12. The third-order valence-corrected chi connectivity index (χ3v) is 4.38. The van der Waals surface area contributed by atoms with Gasteiger partial charge in [0.05, 0.1) is 11.1 Å². The van der Waals surface area contributed by atoms with Crippen molar-refractivity contribution in [1.82, 2.24) is 14.1 Å². The first kappa shape index (κ1) is 15.4. The zero-order valence-corrected chi connectivity index (χ0v) is 14.3. The van der Waals surface area contributed by atoms with Crippen LogP contribution in [0.4, 0.5) is 0 Å². The second-order valence-corrected chi connectivity index (χ2v) is 6.35. The van der Waals surface area contributed by atoms with Crippen LogP contribution >= 0.6 is 0 Å². The van der Waals surface area contributed by atoms with Gasteiger partial charge in [-0.1, -0.05) is 48.5 Å². The number of nitrogens with zero attached hydrogens (tertiary/aromatic N) is 3. The Morgan fingerprint density at radius 1 is 0.920 bits per heavy atom. The van der Waals surface area contributed by atoms with Gasteiger partial charge in [0.1, 0.15) is 6.33 Å². The summed E-state index contributed by atoms with van der Waals surface area (Å²) < 4.78 is 3.73. The Morgan fingerprint density at radius 2 is 1.56 bits per heavy atom. The SMILES string of the molecule is CC(C)n1cnc2c(cc(-c3ccccc3)n2-c2ccccc2)c1=O. The second-order valence-electron chi connectivity index (χ2n) is 6.35. The van der Waals surface area contributed by atoms with E-state index in [0.717, 1.165) is 16.9 Å². The molecule has 0 fully saturated rings. The Kier molecular flexibility index (Phi) is 3.73. The summed E-state index contributed by atoms with van der Waals surface area (Å²) in [5.41, 5.74) is 3.69. The molecule has 0 saturated carbocycles. The van der Waals surface area contributed by atoms with Crippen molar-refractivity contribution in [2.45, 2.75) is 19.9 Å². The molecule has 0 radical (unpaired) electrons. The summed E-state index contributed by atoms with van der Waals surface area (Å²) in [6.07, 6.45) is 1.64. The number of para-hydroxylation sites is 1. The maximum Gasteiger partial charge on any atom is 0.263 e. The van der Waals surface area contributed by atoms with Crippen LogP contribution in [-0.2, 0) is 0 Å². The Labute approximate surface area is 146 Å². The van der Waals surface area contributed by atoms with E-state index in [4.69, 9.17) is 0 Å². The highest BCUT2D eigenvalue weighted by atomic mass is 16.1. The van der Waals surface area contributed by atoms with Crippen molar-refractivity contribution in [1.29, 1.82) is 0 Å². The lowest BCUT2D eigenvalue weighted by Crippen LogP contribution is -2.22. The third-order valence-electron chi connectivity index (χ3n) is 4.38. The third kappa shape index (κ3) is 2.56. The monoisotopic (exact) mass is 329 g/mol. The lowest BCUT2D eigenvalue weighted by molar-refractivity contribution is 0.573. The number of aromatic nitrogens is 3. The van der Waals surface area contributed by atoms with E-state index in [1.54, 1.807) is 10.9 Å². The van der Waals surface area contributed by atoms with Gasteiger partial charge < -0.3 is 0 Å². The summed E-state index contributed by atoms with van der Waals surface area (Å²) in [6, 6.07) is 22.1. The topological polar surface area (TPSA) is 39.8 Å². The molecule has 0 saturated heterocycles. The first-order valence-corrected chi connectivity index (χ1v) is 8.40. The standard InChI is InChI=1S/C21H19N3O/c1-15(2)23-14-22-20-18(21(23)25)13-19(16-9-5-3-6-10-16)24(20)17-11-7-4-8-12-17/h3-15H,1-2H3. The molecule has 4 rings (SSSR count). The molecule has 2 aromatic heterocycles. The van der Waals surface area contributed by atoms with Gasteiger partial charge in [-0.15, -0.1) is 0 Å². The van der Waals surface area contributed by atoms with E-state index in [0.29, 0.717) is 11.0 Å². The molecular formula is C21H19N3O. The van der Waals surface area contributed by atoms with E-state index in [1.807, 2.05) is 68.4 Å². The predicted molar refractivity (Wildman–Crippen MR) is 101 cm³/mol. The van der Waals surface area contributed by atoms with Gasteiger partial charge in [-0.3, -0.25) is 13.9 Å². The fourth-order valence-electron chi connectivity index (χ4n) is 3.12. The van der Waals surface area contributed by atoms with E-state index in [9.17, 15) is 4.79 Å². The van der Waals surface area contributed by atoms with E-state index in [2.05, 4.69) is 21.7 Å². The Morgan fingerprint density at radius 3 is 2.20 bits per heavy atom. The van der Waals surface area contributed by atoms with Gasteiger partial charge in [-0.2, -0.15) is 0 Å². The van der Waals surface area contributed by atoms with Crippen molar-refractivity contribution in [3.8, 4) is 16.9 Å². The van der Waals surface area contributed by atoms with Gasteiger partial charge >= 0.3 is 0 Å². The molecule has 4 nitrogen and oxygen atoms in total. The van der Waals surface area contributed by atoms with E-state index in [1.165, 1.54) is 0 Å². The number of benzene rings is 2. The molecule has 0 amide bonds. The van der Waals surface area contributed by atoms with Gasteiger partial charge in [0.2, 0.25) is 0 Å². The van der Waals surface area contributed by atoms with Crippen LogP contribution in [0.2, 0.25) is 0 Å². The minimum atomic E-state index is -0.00753. The first-order valence-electron chi connectivity index (χ1n) is 8.40. The maximum atomic E-state index is 12.9. The average molecular weight is 329 g/mol. The van der Waals surface area contributed by atoms with Crippen LogP contribution in [0.25, 0.3) is 28.0 Å². The average Bonchev–Trinajstić information content (AvgIpc) is 3.04. The molecule has 0 atom stereocenters. The minimum Gasteiger partial charge on any atom is -0.296 e. The molecule has 25 heavy (non-hydrogen) atoms. The molecule has 0 bridgehead atoms. The van der Waals surface area contributed by atoms with Crippen LogP contribution in [0.1, 0.15) is 19.9 Å². The van der Waals surface area contributed by atoms with Gasteiger partial charge in [-0.25, -0.2) is 4.98 Å². The molecule has 0 N–H and O–H groups in total. The Balaban J connectivity index is 2.10. The minimum absolute atomic E-state index is 0.00753. The molecule has 4 heteroatoms. The van der Waals surface area contributed by atoms with Crippen molar-refractivity contribution in [2.24, 2.45) is 0 Å². The molecule has 0 aliphatic rings. The zero-order valence-electron chi connectivity index (χ0n) is 14.3. The van der Waals surface area contributed by atoms with Crippen LogP contribution in [-0.4, -0.2) is 14.1 Å². The molecule has 124 valence electrons. The Hall–Kier alpha value is -3.14. The summed E-state index contributed by atoms with van der Waals surface area (Å²) in [4.78, 5) is 17.5. The summed E-state index contributed by atoms with van der Waals surface area (Å²) in [5.74, 6) is 0. The van der Waals surface area contributed by atoms with Crippen LogP contribution in [0, 0.1) is 0 Å². The number of hydrogen-bond donors (Lipinski definition) is 0. The number of hydrogen-bond acceptors (Lipinski definition) is 2. The smallest absolute Gasteiger partial charge is 0.263 e. The van der Waals surface area contributed by atoms with Gasteiger partial charge in [0.25, 0.3) is 5.56 Å². The molecule has 0 aliphatic carbocycles. The van der Waals surface area contributed by atoms with Crippen molar-refractivity contribution in [2.75, 3.05) is 0 Å². The van der Waals surface area contributed by atoms with E-state index < -0.39 is 0 Å². The van der Waals surface area contributed by atoms with Gasteiger partial charge in [-0.05, 0) is 37.6 Å². The maximum absolute atomic E-state index is 12.9. The quantitative estimate of drug-likeness (QED) is 0.557. The number of fused-ring (bicyclic) bond motifs is 1. The fraction of sp³-hybridized carbons (Fsp3) is 0.143. The van der Waals surface area contributed by atoms with Crippen LogP contribution in [0.5, 0.6) is 0 Å². The van der Waals surface area contributed by atoms with Crippen LogP contribution in [0.3, 0.4) is 0 Å². The second kappa shape index (κ2) is 6.06. The predicted octanol–water partition coefficient (Wildman–Crippen LogP) is 4.44. The highest BCUT2D eigenvalue weighted by molar-refractivity contribution is 5.85. The molecule has 4 aromatic rings. The molecule has 0 aliphatic heterocycles. The lowest BCUT2D eigenvalue weighted by atomic mass is 10.1. The summed E-state index contributed by atoms with van der Waals surface area (Å²) in [5, 5.41) is 0.638. The zero-order chi connectivity index (χ0) is 17.4. The van der Waals surface area contributed by atoms with E-state index >= 15 is 0 Å². The van der Waals surface area contributed by atoms with Crippen molar-refractivity contribution in [3.05, 3.63) is 83.4 Å². The molecule has 2 heterocycles. The van der Waals surface area contributed by atoms with Crippen LogP contribution in [0.15, 0.2) is 77.9 Å².